The summed E-state index contributed by atoms with van der Waals surface area (Å²) in [5.41, 5.74) is 1.08. The van der Waals surface area contributed by atoms with E-state index in [1.165, 1.54) is 77.0 Å². The largest absolute Gasteiger partial charge is 0.385 e. The van der Waals surface area contributed by atoms with Crippen LogP contribution in [-0.2, 0) is 4.79 Å². The molecule has 1 aromatic heterocycles. The number of pyridine rings is 1. The van der Waals surface area contributed by atoms with Gasteiger partial charge in [-0.3, -0.25) is 9.78 Å². The number of Topliss-reactive ketones (excluding diaryl/α,β-unsaturated/α-hetero) is 1. The van der Waals surface area contributed by atoms with Crippen molar-refractivity contribution >= 4 is 11.5 Å². The molecule has 0 aromatic carbocycles. The monoisotopic (exact) mass is 374 g/mol. The van der Waals surface area contributed by atoms with Gasteiger partial charge in [0.2, 0.25) is 0 Å². The van der Waals surface area contributed by atoms with Crippen LogP contribution >= 0.6 is 0 Å². The van der Waals surface area contributed by atoms with Gasteiger partial charge in [-0.05, 0) is 25.0 Å². The second kappa shape index (κ2) is 18.0. The van der Waals surface area contributed by atoms with Gasteiger partial charge in [-0.25, -0.2) is 0 Å². The van der Waals surface area contributed by atoms with E-state index in [1.54, 1.807) is 12.4 Å². The van der Waals surface area contributed by atoms with Crippen LogP contribution in [-0.4, -0.2) is 17.3 Å². The lowest BCUT2D eigenvalue weighted by Crippen LogP contribution is -2.05. The number of carbonyl (C=O) groups excluding carboxylic acids is 1. The second-order valence-electron chi connectivity index (χ2n) is 7.80. The zero-order valence-electron chi connectivity index (χ0n) is 17.7. The Hall–Kier alpha value is -1.38. The lowest BCUT2D eigenvalue weighted by molar-refractivity contribution is -0.119. The van der Waals surface area contributed by atoms with E-state index < -0.39 is 0 Å². The molecule has 0 aliphatic rings. The minimum absolute atomic E-state index is 0.426. The minimum Gasteiger partial charge on any atom is -0.385 e. The third kappa shape index (κ3) is 15.4. The Morgan fingerprint density at radius 2 is 1.22 bits per heavy atom. The number of hydrogen-bond acceptors (Lipinski definition) is 3. The molecule has 0 aliphatic heterocycles. The first-order valence-electron chi connectivity index (χ1n) is 11.5. The van der Waals surface area contributed by atoms with Crippen molar-refractivity contribution in [3.63, 3.8) is 0 Å². The smallest absolute Gasteiger partial charge is 0.132 e. The zero-order valence-corrected chi connectivity index (χ0v) is 17.7. The predicted octanol–water partition coefficient (Wildman–Crippen LogP) is 7.32. The van der Waals surface area contributed by atoms with Gasteiger partial charge in [0.05, 0.1) is 0 Å². The molecular weight excluding hydrogens is 332 g/mol. The number of nitrogens with zero attached hydrogens (tertiary/aromatic N) is 1. The van der Waals surface area contributed by atoms with Crippen molar-refractivity contribution in [2.24, 2.45) is 0 Å². The second-order valence-corrected chi connectivity index (χ2v) is 7.80. The summed E-state index contributed by atoms with van der Waals surface area (Å²) >= 11 is 0. The van der Waals surface area contributed by atoms with Crippen molar-refractivity contribution < 1.29 is 4.79 Å². The molecular formula is C24H42N2O. The Kier molecular flexibility index (Phi) is 15.8. The van der Waals surface area contributed by atoms with Crippen molar-refractivity contribution in [1.29, 1.82) is 0 Å². The maximum atomic E-state index is 11.9. The molecule has 0 radical (unpaired) electrons. The highest BCUT2D eigenvalue weighted by molar-refractivity contribution is 5.78. The normalized spacial score (nSPS) is 10.9. The Balaban J connectivity index is 1.78. The van der Waals surface area contributed by atoms with Crippen LogP contribution in [0.4, 0.5) is 5.69 Å². The highest BCUT2D eigenvalue weighted by Gasteiger charge is 2.02. The summed E-state index contributed by atoms with van der Waals surface area (Å²) in [7, 11) is 0. The van der Waals surface area contributed by atoms with Gasteiger partial charge in [0.15, 0.2) is 0 Å². The Morgan fingerprint density at radius 3 is 1.78 bits per heavy atom. The molecule has 0 atom stereocenters. The fourth-order valence-electron chi connectivity index (χ4n) is 3.45. The maximum Gasteiger partial charge on any atom is 0.132 e. The van der Waals surface area contributed by atoms with E-state index in [0.29, 0.717) is 12.2 Å². The van der Waals surface area contributed by atoms with Crippen molar-refractivity contribution in [2.75, 3.05) is 11.9 Å². The molecule has 154 valence electrons. The minimum atomic E-state index is 0.426. The number of nitrogens with one attached hydrogen (secondary N) is 1. The topological polar surface area (TPSA) is 42.0 Å². The third-order valence-corrected chi connectivity index (χ3v) is 5.20. The quantitative estimate of drug-likeness (QED) is 0.258. The van der Waals surface area contributed by atoms with Gasteiger partial charge in [-0.15, -0.1) is 0 Å². The summed E-state index contributed by atoms with van der Waals surface area (Å²) < 4.78 is 0. The molecule has 0 saturated heterocycles. The molecule has 0 amide bonds. The third-order valence-electron chi connectivity index (χ3n) is 5.20. The van der Waals surface area contributed by atoms with E-state index >= 15 is 0 Å². The molecule has 1 rings (SSSR count). The molecule has 27 heavy (non-hydrogen) atoms. The first-order valence-corrected chi connectivity index (χ1v) is 11.5. The van der Waals surface area contributed by atoms with Crippen molar-refractivity contribution in [1.82, 2.24) is 4.98 Å². The van der Waals surface area contributed by atoms with Gasteiger partial charge < -0.3 is 5.32 Å². The van der Waals surface area contributed by atoms with Gasteiger partial charge in [0.25, 0.3) is 0 Å². The summed E-state index contributed by atoms with van der Waals surface area (Å²) in [6.07, 6.45) is 23.6. The number of carbonyl (C=O) groups is 1. The fourth-order valence-corrected chi connectivity index (χ4v) is 3.45. The number of aromatic nitrogens is 1. The van der Waals surface area contributed by atoms with Crippen LogP contribution < -0.4 is 5.32 Å². The predicted molar refractivity (Wildman–Crippen MR) is 117 cm³/mol. The first-order chi connectivity index (χ1) is 13.3. The molecule has 0 bridgehead atoms. The van der Waals surface area contributed by atoms with E-state index in [0.717, 1.165) is 31.5 Å². The van der Waals surface area contributed by atoms with E-state index in [4.69, 9.17) is 0 Å². The van der Waals surface area contributed by atoms with Crippen LogP contribution in [0.3, 0.4) is 0 Å². The maximum absolute atomic E-state index is 11.9. The van der Waals surface area contributed by atoms with E-state index in [2.05, 4.69) is 17.2 Å². The van der Waals surface area contributed by atoms with E-state index in [-0.39, 0.29) is 0 Å². The van der Waals surface area contributed by atoms with Crippen LogP contribution in [0.25, 0.3) is 0 Å². The summed E-state index contributed by atoms with van der Waals surface area (Å²) in [6, 6.07) is 3.91. The molecule has 0 fully saturated rings. The van der Waals surface area contributed by atoms with Crippen LogP contribution in [0.1, 0.15) is 110 Å². The standard InChI is InChI=1S/C24H42N2O/c1-2-3-4-5-6-7-8-9-10-11-12-13-14-16-24(27)17-15-20-26-23-18-21-25-22-19-23/h18-19,21-22H,2-17,20H2,1H3,(H,25,26). The van der Waals surface area contributed by atoms with E-state index in [9.17, 15) is 4.79 Å². The summed E-state index contributed by atoms with van der Waals surface area (Å²) in [5, 5.41) is 3.33. The molecule has 3 heteroatoms. The van der Waals surface area contributed by atoms with Crippen LogP contribution in [0.15, 0.2) is 24.5 Å². The molecule has 0 unspecified atom stereocenters. The fraction of sp³-hybridized carbons (Fsp3) is 0.750. The van der Waals surface area contributed by atoms with Crippen molar-refractivity contribution in [3.8, 4) is 0 Å². The SMILES string of the molecule is CCCCCCCCCCCCCCCC(=O)CCCNc1ccncc1. The zero-order chi connectivity index (χ0) is 19.4. The number of ketones is 1. The van der Waals surface area contributed by atoms with E-state index in [1.807, 2.05) is 12.1 Å². The molecule has 1 N–H and O–H groups in total. The highest BCUT2D eigenvalue weighted by Crippen LogP contribution is 2.13. The summed E-state index contributed by atoms with van der Waals surface area (Å²) in [5.74, 6) is 0.426. The first kappa shape index (κ1) is 23.7. The number of hydrogen-bond donors (Lipinski definition) is 1. The van der Waals surface area contributed by atoms with Crippen LogP contribution in [0.5, 0.6) is 0 Å². The Morgan fingerprint density at radius 1 is 0.741 bits per heavy atom. The molecule has 0 saturated carbocycles. The molecule has 0 spiro atoms. The lowest BCUT2D eigenvalue weighted by atomic mass is 10.0. The summed E-state index contributed by atoms with van der Waals surface area (Å²) in [6.45, 7) is 3.13. The molecule has 3 nitrogen and oxygen atoms in total. The average molecular weight is 375 g/mol. The molecule has 1 aromatic rings. The average Bonchev–Trinajstić information content (AvgIpc) is 2.69. The van der Waals surface area contributed by atoms with Crippen molar-refractivity contribution in [3.05, 3.63) is 24.5 Å². The molecule has 0 aliphatic carbocycles. The Labute approximate surface area is 167 Å². The van der Waals surface area contributed by atoms with Gasteiger partial charge in [0.1, 0.15) is 5.78 Å². The van der Waals surface area contributed by atoms with Gasteiger partial charge >= 0.3 is 0 Å². The van der Waals surface area contributed by atoms with Crippen molar-refractivity contribution in [2.45, 2.75) is 110 Å². The number of unbranched alkanes of at least 4 members (excludes halogenated alkanes) is 12. The molecule has 1 heterocycles. The van der Waals surface area contributed by atoms with Crippen LogP contribution in [0.2, 0.25) is 0 Å². The summed E-state index contributed by atoms with van der Waals surface area (Å²) in [4.78, 5) is 15.9. The van der Waals surface area contributed by atoms with Gasteiger partial charge in [-0.1, -0.05) is 84.0 Å². The lowest BCUT2D eigenvalue weighted by Gasteiger charge is -2.05. The number of anilines is 1. The Bertz CT molecular complexity index is 447. The highest BCUT2D eigenvalue weighted by atomic mass is 16.1. The number of rotatable bonds is 19. The van der Waals surface area contributed by atoms with Crippen LogP contribution in [0, 0.1) is 0 Å². The van der Waals surface area contributed by atoms with Gasteiger partial charge in [0, 0.05) is 37.5 Å². The van der Waals surface area contributed by atoms with Gasteiger partial charge in [-0.2, -0.15) is 0 Å².